The predicted molar refractivity (Wildman–Crippen MR) is 95.5 cm³/mol. The highest BCUT2D eigenvalue weighted by atomic mass is 15.2. The van der Waals surface area contributed by atoms with E-state index in [-0.39, 0.29) is 0 Å². The number of hydrogen-bond donors (Lipinski definition) is 2. The van der Waals surface area contributed by atoms with Crippen LogP contribution in [0.1, 0.15) is 38.7 Å². The summed E-state index contributed by atoms with van der Waals surface area (Å²) < 4.78 is 1.81. The van der Waals surface area contributed by atoms with Crippen LogP contribution in [0.2, 0.25) is 0 Å². The van der Waals surface area contributed by atoms with Gasteiger partial charge in [-0.05, 0) is 51.7 Å². The van der Waals surface area contributed by atoms with Crippen molar-refractivity contribution in [1.82, 2.24) is 25.3 Å². The molecule has 0 bridgehead atoms. The van der Waals surface area contributed by atoms with Crippen LogP contribution in [0.3, 0.4) is 0 Å². The molecule has 1 saturated heterocycles. The summed E-state index contributed by atoms with van der Waals surface area (Å²) in [4.78, 5) is 7.20. The van der Waals surface area contributed by atoms with Crippen molar-refractivity contribution >= 4 is 5.96 Å². The number of aryl methyl sites for hydroxylation is 1. The van der Waals surface area contributed by atoms with E-state index in [0.717, 1.165) is 37.0 Å². The third-order valence-corrected chi connectivity index (χ3v) is 4.34. The molecule has 2 heterocycles. The molecule has 2 N–H and O–H groups in total. The fourth-order valence-corrected chi connectivity index (χ4v) is 2.86. The van der Waals surface area contributed by atoms with Crippen molar-refractivity contribution < 1.29 is 0 Å². The number of nitrogens with zero attached hydrogens (tertiary/aromatic N) is 4. The molecule has 0 aromatic carbocycles. The van der Waals surface area contributed by atoms with Crippen LogP contribution in [-0.4, -0.2) is 53.4 Å². The first kappa shape index (κ1) is 17.8. The van der Waals surface area contributed by atoms with Gasteiger partial charge in [-0.1, -0.05) is 6.92 Å². The lowest BCUT2D eigenvalue weighted by atomic mass is 9.99. The molecule has 6 nitrogen and oxygen atoms in total. The highest BCUT2D eigenvalue weighted by Crippen LogP contribution is 2.15. The zero-order valence-corrected chi connectivity index (χ0v) is 14.9. The molecular formula is C17H32N6. The number of piperidine rings is 1. The molecule has 0 spiro atoms. The van der Waals surface area contributed by atoms with E-state index < -0.39 is 0 Å². The van der Waals surface area contributed by atoms with E-state index in [1.807, 2.05) is 24.1 Å². The molecule has 1 fully saturated rings. The fourth-order valence-electron chi connectivity index (χ4n) is 2.86. The van der Waals surface area contributed by atoms with Gasteiger partial charge in [0.15, 0.2) is 5.96 Å². The van der Waals surface area contributed by atoms with Crippen LogP contribution < -0.4 is 10.6 Å². The normalized spacial score (nSPS) is 17.4. The second-order valence-corrected chi connectivity index (χ2v) is 6.52. The Morgan fingerprint density at radius 1 is 1.35 bits per heavy atom. The molecule has 23 heavy (non-hydrogen) atoms. The van der Waals surface area contributed by atoms with E-state index >= 15 is 0 Å². The van der Waals surface area contributed by atoms with Crippen molar-refractivity contribution in [2.45, 2.75) is 39.7 Å². The van der Waals surface area contributed by atoms with Crippen LogP contribution in [0, 0.1) is 5.92 Å². The molecule has 0 aliphatic carbocycles. The van der Waals surface area contributed by atoms with E-state index in [9.17, 15) is 0 Å². The maximum atomic E-state index is 4.62. The maximum Gasteiger partial charge on any atom is 0.191 e. The van der Waals surface area contributed by atoms with E-state index in [0.29, 0.717) is 6.54 Å². The van der Waals surface area contributed by atoms with Gasteiger partial charge in [0.25, 0.3) is 0 Å². The van der Waals surface area contributed by atoms with Crippen molar-refractivity contribution in [2.24, 2.45) is 18.0 Å². The Kier molecular flexibility index (Phi) is 7.39. The molecule has 0 unspecified atom stereocenters. The SMILES string of the molecule is CCNC(=NCc1cnn(C)c1)NCCCN1CCC(C)CC1. The van der Waals surface area contributed by atoms with Crippen molar-refractivity contribution in [2.75, 3.05) is 32.7 Å². The number of aromatic nitrogens is 2. The maximum absolute atomic E-state index is 4.62. The third kappa shape index (κ3) is 6.60. The monoisotopic (exact) mass is 320 g/mol. The van der Waals surface area contributed by atoms with E-state index in [1.165, 1.54) is 32.5 Å². The minimum atomic E-state index is 0.660. The van der Waals surface area contributed by atoms with Gasteiger partial charge in [0.1, 0.15) is 0 Å². The highest BCUT2D eigenvalue weighted by Gasteiger charge is 2.14. The molecule has 2 rings (SSSR count). The molecule has 0 saturated carbocycles. The van der Waals surface area contributed by atoms with Crippen LogP contribution in [0.4, 0.5) is 0 Å². The average Bonchev–Trinajstić information content (AvgIpc) is 2.96. The van der Waals surface area contributed by atoms with Gasteiger partial charge in [0.2, 0.25) is 0 Å². The molecular weight excluding hydrogens is 288 g/mol. The summed E-state index contributed by atoms with van der Waals surface area (Å²) in [7, 11) is 1.93. The van der Waals surface area contributed by atoms with Crippen molar-refractivity contribution in [3.8, 4) is 0 Å². The van der Waals surface area contributed by atoms with Gasteiger partial charge in [-0.25, -0.2) is 4.99 Å². The van der Waals surface area contributed by atoms with Gasteiger partial charge in [0.05, 0.1) is 12.7 Å². The second kappa shape index (κ2) is 9.55. The zero-order chi connectivity index (χ0) is 16.5. The molecule has 1 aromatic heterocycles. The summed E-state index contributed by atoms with van der Waals surface area (Å²) in [6.07, 6.45) is 7.73. The van der Waals surface area contributed by atoms with Gasteiger partial charge in [0, 0.05) is 31.9 Å². The Bertz CT molecular complexity index is 473. The molecule has 130 valence electrons. The number of guanidine groups is 1. The van der Waals surface area contributed by atoms with Crippen LogP contribution in [0.25, 0.3) is 0 Å². The van der Waals surface area contributed by atoms with Crippen LogP contribution >= 0.6 is 0 Å². The summed E-state index contributed by atoms with van der Waals surface area (Å²) >= 11 is 0. The first-order valence-electron chi connectivity index (χ1n) is 8.89. The average molecular weight is 320 g/mol. The lowest BCUT2D eigenvalue weighted by molar-refractivity contribution is 0.191. The first-order valence-corrected chi connectivity index (χ1v) is 8.89. The quantitative estimate of drug-likeness (QED) is 0.455. The molecule has 0 amide bonds. The minimum Gasteiger partial charge on any atom is -0.357 e. The Morgan fingerprint density at radius 3 is 2.78 bits per heavy atom. The van der Waals surface area contributed by atoms with Crippen molar-refractivity contribution in [3.05, 3.63) is 18.0 Å². The summed E-state index contributed by atoms with van der Waals surface area (Å²) in [6, 6.07) is 0. The van der Waals surface area contributed by atoms with E-state index in [2.05, 4.69) is 39.5 Å². The van der Waals surface area contributed by atoms with Gasteiger partial charge in [-0.2, -0.15) is 5.10 Å². The Morgan fingerprint density at radius 2 is 2.13 bits per heavy atom. The van der Waals surface area contributed by atoms with E-state index in [1.54, 1.807) is 0 Å². The lowest BCUT2D eigenvalue weighted by Crippen LogP contribution is -2.39. The summed E-state index contributed by atoms with van der Waals surface area (Å²) in [5.41, 5.74) is 1.13. The van der Waals surface area contributed by atoms with Crippen molar-refractivity contribution in [3.63, 3.8) is 0 Å². The van der Waals surface area contributed by atoms with Crippen LogP contribution in [-0.2, 0) is 13.6 Å². The Labute approximate surface area is 140 Å². The van der Waals surface area contributed by atoms with Crippen LogP contribution in [0.15, 0.2) is 17.4 Å². The number of rotatable bonds is 7. The number of nitrogens with one attached hydrogen (secondary N) is 2. The van der Waals surface area contributed by atoms with Gasteiger partial charge < -0.3 is 15.5 Å². The largest absolute Gasteiger partial charge is 0.357 e. The number of aliphatic imine (C=N–C) groups is 1. The van der Waals surface area contributed by atoms with Gasteiger partial charge in [-0.3, -0.25) is 4.68 Å². The Hall–Kier alpha value is -1.56. The molecule has 0 radical (unpaired) electrons. The second-order valence-electron chi connectivity index (χ2n) is 6.52. The first-order chi connectivity index (χ1) is 11.2. The van der Waals surface area contributed by atoms with Gasteiger partial charge in [-0.15, -0.1) is 0 Å². The fraction of sp³-hybridized carbons (Fsp3) is 0.765. The van der Waals surface area contributed by atoms with Gasteiger partial charge >= 0.3 is 0 Å². The molecule has 0 atom stereocenters. The smallest absolute Gasteiger partial charge is 0.191 e. The topological polar surface area (TPSA) is 57.5 Å². The summed E-state index contributed by atoms with van der Waals surface area (Å²) in [6.45, 7) is 10.7. The highest BCUT2D eigenvalue weighted by molar-refractivity contribution is 5.79. The summed E-state index contributed by atoms with van der Waals surface area (Å²) in [5.74, 6) is 1.80. The molecule has 1 aliphatic rings. The van der Waals surface area contributed by atoms with Crippen LogP contribution in [0.5, 0.6) is 0 Å². The van der Waals surface area contributed by atoms with Crippen molar-refractivity contribution in [1.29, 1.82) is 0 Å². The predicted octanol–water partition coefficient (Wildman–Crippen LogP) is 1.60. The lowest BCUT2D eigenvalue weighted by Gasteiger charge is -2.30. The third-order valence-electron chi connectivity index (χ3n) is 4.34. The zero-order valence-electron chi connectivity index (χ0n) is 14.9. The van der Waals surface area contributed by atoms with E-state index in [4.69, 9.17) is 0 Å². The number of hydrogen-bond acceptors (Lipinski definition) is 3. The standard InChI is InChI=1S/C17H32N6/c1-4-18-17(20-12-16-13-21-22(3)14-16)19-8-5-9-23-10-6-15(2)7-11-23/h13-15H,4-12H2,1-3H3,(H2,18,19,20). The Balaban J connectivity index is 1.67. The molecule has 6 heteroatoms. The minimum absolute atomic E-state index is 0.660. The molecule has 1 aliphatic heterocycles. The number of likely N-dealkylation sites (tertiary alicyclic amines) is 1. The molecule has 1 aromatic rings. The summed E-state index contributed by atoms with van der Waals surface area (Å²) in [5, 5.41) is 10.9.